The molecule has 0 spiro atoms. The van der Waals surface area contributed by atoms with Crippen LogP contribution in [0.3, 0.4) is 0 Å². The highest BCUT2D eigenvalue weighted by Gasteiger charge is 2.23. The van der Waals surface area contributed by atoms with Crippen LogP contribution in [0.5, 0.6) is 11.5 Å². The van der Waals surface area contributed by atoms with Crippen molar-refractivity contribution in [1.29, 1.82) is 0 Å². The maximum atomic E-state index is 13.0. The van der Waals surface area contributed by atoms with Gasteiger partial charge in [0.15, 0.2) is 23.1 Å². The van der Waals surface area contributed by atoms with E-state index in [1.807, 2.05) is 24.3 Å². The molecule has 1 aliphatic carbocycles. The van der Waals surface area contributed by atoms with Crippen LogP contribution in [-0.2, 0) is 20.9 Å². The zero-order valence-corrected chi connectivity index (χ0v) is 25.4. The minimum absolute atomic E-state index is 0.224. The molecule has 0 radical (unpaired) electrons. The van der Waals surface area contributed by atoms with Crippen molar-refractivity contribution in [1.82, 2.24) is 14.9 Å². The van der Waals surface area contributed by atoms with E-state index in [0.717, 1.165) is 38.4 Å². The van der Waals surface area contributed by atoms with Crippen LogP contribution in [0.15, 0.2) is 72.4 Å². The molecule has 0 bridgehead atoms. The summed E-state index contributed by atoms with van der Waals surface area (Å²) in [5, 5.41) is 6.23. The first-order valence-electron chi connectivity index (χ1n) is 14.4. The summed E-state index contributed by atoms with van der Waals surface area (Å²) in [6, 6.07) is 13.8. The van der Waals surface area contributed by atoms with Gasteiger partial charge in [0.1, 0.15) is 18.8 Å². The largest absolute Gasteiger partial charge is 0.493 e. The van der Waals surface area contributed by atoms with Gasteiger partial charge >= 0.3 is 0 Å². The number of thiophene rings is 1. The second-order valence-electron chi connectivity index (χ2n) is 10.4. The molecule has 44 heavy (non-hydrogen) atoms. The molecule has 226 valence electrons. The molecule has 1 aliphatic heterocycles. The van der Waals surface area contributed by atoms with Gasteiger partial charge in [-0.25, -0.2) is 9.97 Å². The van der Waals surface area contributed by atoms with E-state index in [4.69, 9.17) is 14.2 Å². The maximum absolute atomic E-state index is 13.0. The van der Waals surface area contributed by atoms with Gasteiger partial charge < -0.3 is 24.4 Å². The Bertz CT molecular complexity index is 1730. The fourth-order valence-electron chi connectivity index (χ4n) is 5.37. The number of nitrogens with zero attached hydrogens (tertiary/aromatic N) is 4. The second kappa shape index (κ2) is 13.4. The molecular formula is C33H33N5O5S. The number of carbonyl (C=O) groups is 2. The van der Waals surface area contributed by atoms with Crippen molar-refractivity contribution < 1.29 is 23.8 Å². The van der Waals surface area contributed by atoms with Gasteiger partial charge in [-0.15, -0.1) is 11.3 Å². The molecule has 0 saturated carbocycles. The zero-order valence-electron chi connectivity index (χ0n) is 24.6. The van der Waals surface area contributed by atoms with Gasteiger partial charge in [-0.2, -0.15) is 0 Å². The van der Waals surface area contributed by atoms with Crippen molar-refractivity contribution in [2.75, 3.05) is 63.8 Å². The minimum atomic E-state index is -0.226. The molecule has 2 aliphatic rings. The number of methoxy groups -OCH3 is 2. The van der Waals surface area contributed by atoms with Crippen LogP contribution in [0.1, 0.15) is 10.4 Å². The van der Waals surface area contributed by atoms with E-state index in [9.17, 15) is 9.59 Å². The van der Waals surface area contributed by atoms with Gasteiger partial charge in [-0.3, -0.25) is 14.5 Å². The first-order valence-corrected chi connectivity index (χ1v) is 15.2. The van der Waals surface area contributed by atoms with E-state index in [-0.39, 0.29) is 11.6 Å². The molecule has 10 nitrogen and oxygen atoms in total. The van der Waals surface area contributed by atoms with Crippen LogP contribution in [-0.4, -0.2) is 80.0 Å². The van der Waals surface area contributed by atoms with Crippen molar-refractivity contribution in [2.45, 2.75) is 6.54 Å². The van der Waals surface area contributed by atoms with Crippen LogP contribution < -0.4 is 19.7 Å². The summed E-state index contributed by atoms with van der Waals surface area (Å²) in [4.78, 5) is 40.5. The average molecular weight is 612 g/mol. The third-order valence-electron chi connectivity index (χ3n) is 7.66. The summed E-state index contributed by atoms with van der Waals surface area (Å²) < 4.78 is 16.5. The molecular weight excluding hydrogens is 578 g/mol. The molecule has 0 unspecified atom stereocenters. The van der Waals surface area contributed by atoms with Crippen LogP contribution in [0, 0.1) is 0 Å². The van der Waals surface area contributed by atoms with Gasteiger partial charge in [-0.1, -0.05) is 6.07 Å². The first-order chi connectivity index (χ1) is 21.5. The van der Waals surface area contributed by atoms with Crippen LogP contribution in [0.2, 0.25) is 0 Å². The molecule has 3 heterocycles. The number of benzene rings is 2. The van der Waals surface area contributed by atoms with Gasteiger partial charge in [0.25, 0.3) is 0 Å². The lowest BCUT2D eigenvalue weighted by atomic mass is 9.94. The highest BCUT2D eigenvalue weighted by atomic mass is 32.1. The monoisotopic (exact) mass is 611 g/mol. The number of carbonyl (C=O) groups excluding carboxylic acids is 2. The van der Waals surface area contributed by atoms with E-state index in [2.05, 4.69) is 42.6 Å². The predicted molar refractivity (Wildman–Crippen MR) is 172 cm³/mol. The Morgan fingerprint density at radius 3 is 2.59 bits per heavy atom. The number of ketones is 2. The topological polar surface area (TPSA) is 106 Å². The summed E-state index contributed by atoms with van der Waals surface area (Å²) in [5.41, 5.74) is 3.25. The van der Waals surface area contributed by atoms with E-state index >= 15 is 0 Å². The molecule has 0 atom stereocenters. The zero-order chi connectivity index (χ0) is 30.5. The fourth-order valence-corrected chi connectivity index (χ4v) is 6.11. The van der Waals surface area contributed by atoms with Crippen LogP contribution in [0.4, 0.5) is 17.2 Å². The lowest BCUT2D eigenvalue weighted by molar-refractivity contribution is -0.113. The van der Waals surface area contributed by atoms with E-state index in [0.29, 0.717) is 58.3 Å². The number of anilines is 3. The Kier molecular flexibility index (Phi) is 8.96. The smallest absolute Gasteiger partial charge is 0.186 e. The number of piperazine rings is 1. The van der Waals surface area contributed by atoms with Gasteiger partial charge in [0, 0.05) is 78.7 Å². The summed E-state index contributed by atoms with van der Waals surface area (Å²) in [5.74, 6) is 1.15. The van der Waals surface area contributed by atoms with Gasteiger partial charge in [0.2, 0.25) is 0 Å². The summed E-state index contributed by atoms with van der Waals surface area (Å²) in [6.07, 6.45) is 5.49. The third-order valence-corrected chi connectivity index (χ3v) is 8.52. The number of aromatic nitrogens is 2. The second-order valence-corrected chi connectivity index (χ2v) is 11.5. The molecule has 4 aromatic rings. The Morgan fingerprint density at radius 1 is 0.955 bits per heavy atom. The molecule has 1 fully saturated rings. The molecule has 11 heteroatoms. The fraction of sp³-hybridized carbons (Fsp3) is 0.273. The summed E-state index contributed by atoms with van der Waals surface area (Å²) in [6.45, 7) is 5.33. The number of ether oxygens (including phenoxy) is 3. The Balaban J connectivity index is 1.31. The highest BCUT2D eigenvalue weighted by Crippen LogP contribution is 2.37. The van der Waals surface area contributed by atoms with Gasteiger partial charge in [-0.05, 0) is 53.9 Å². The van der Waals surface area contributed by atoms with Crippen molar-refractivity contribution in [2.24, 2.45) is 0 Å². The minimum Gasteiger partial charge on any atom is -0.493 e. The SMILES string of the molecule is COCCOc1cc2ncnc(Nc3ccc(N4CCN(Cc5cccs5)CC4)cc3C3=CC(=O)C=CC3=O)c2cc1OC. The molecule has 2 aromatic heterocycles. The molecule has 1 saturated heterocycles. The lowest BCUT2D eigenvalue weighted by Crippen LogP contribution is -2.45. The quantitative estimate of drug-likeness (QED) is 0.186. The average Bonchev–Trinajstić information content (AvgIpc) is 3.56. The molecule has 2 aromatic carbocycles. The van der Waals surface area contributed by atoms with E-state index < -0.39 is 0 Å². The van der Waals surface area contributed by atoms with E-state index in [1.165, 1.54) is 29.4 Å². The molecule has 1 N–H and O–H groups in total. The maximum Gasteiger partial charge on any atom is 0.186 e. The predicted octanol–water partition coefficient (Wildman–Crippen LogP) is 4.88. The van der Waals surface area contributed by atoms with Crippen molar-refractivity contribution in [3.05, 3.63) is 82.8 Å². The summed E-state index contributed by atoms with van der Waals surface area (Å²) >= 11 is 1.78. The Hall–Kier alpha value is -4.58. The number of fused-ring (bicyclic) bond motifs is 1. The normalized spacial score (nSPS) is 15.5. The molecule has 0 amide bonds. The number of nitrogens with one attached hydrogen (secondary N) is 1. The lowest BCUT2D eigenvalue weighted by Gasteiger charge is -2.36. The highest BCUT2D eigenvalue weighted by molar-refractivity contribution is 7.09. The van der Waals surface area contributed by atoms with Crippen molar-refractivity contribution >= 4 is 56.6 Å². The standard InChI is InChI=1S/C33H33N5O5S/c1-41-13-14-43-32-19-29-27(18-31(32)42-2)33(35-21-34-29)36-28-7-5-22(16-25(28)26-17-23(39)6-8-30(26)40)38-11-9-37(10-12-38)20-24-4-3-15-44-24/h3-8,15-19,21H,9-14,20H2,1-2H3,(H,34,35,36). The molecule has 6 rings (SSSR count). The number of rotatable bonds is 11. The number of hydrogen-bond acceptors (Lipinski definition) is 11. The summed E-state index contributed by atoms with van der Waals surface area (Å²) in [7, 11) is 3.19. The number of allylic oxidation sites excluding steroid dienone is 4. The third kappa shape index (κ3) is 6.49. The first kappa shape index (κ1) is 29.5. The number of hydrogen-bond donors (Lipinski definition) is 1. The Morgan fingerprint density at radius 2 is 1.82 bits per heavy atom. The Labute approximate surface area is 259 Å². The van der Waals surface area contributed by atoms with Gasteiger partial charge in [0.05, 0.1) is 19.2 Å². The van der Waals surface area contributed by atoms with Crippen molar-refractivity contribution in [3.8, 4) is 11.5 Å². The van der Waals surface area contributed by atoms with E-state index in [1.54, 1.807) is 31.6 Å². The van der Waals surface area contributed by atoms with Crippen LogP contribution in [0.25, 0.3) is 16.5 Å². The van der Waals surface area contributed by atoms with Crippen molar-refractivity contribution in [3.63, 3.8) is 0 Å². The van der Waals surface area contributed by atoms with Crippen LogP contribution >= 0.6 is 11.3 Å².